The average molecular weight is 290 g/mol. The molecule has 0 amide bonds. The van der Waals surface area contributed by atoms with E-state index in [0.717, 1.165) is 16.8 Å². The van der Waals surface area contributed by atoms with E-state index in [4.69, 9.17) is 5.26 Å². The SMILES string of the molecule is Cc1c(/C=C/c2nc3ccccc3[nH]c2=O)cc(C#N)n1C. The number of nitriles is 1. The van der Waals surface area contributed by atoms with E-state index in [0.29, 0.717) is 16.9 Å². The van der Waals surface area contributed by atoms with Crippen molar-refractivity contribution in [1.82, 2.24) is 14.5 Å². The van der Waals surface area contributed by atoms with Crippen molar-refractivity contribution in [2.45, 2.75) is 6.92 Å². The fourth-order valence-corrected chi connectivity index (χ4v) is 2.32. The maximum Gasteiger partial charge on any atom is 0.274 e. The van der Waals surface area contributed by atoms with Crippen molar-refractivity contribution in [3.05, 3.63) is 63.3 Å². The molecule has 3 rings (SSSR count). The van der Waals surface area contributed by atoms with Crippen molar-refractivity contribution in [3.63, 3.8) is 0 Å². The van der Waals surface area contributed by atoms with Crippen molar-refractivity contribution in [3.8, 4) is 6.07 Å². The van der Waals surface area contributed by atoms with Crippen LogP contribution in [-0.2, 0) is 7.05 Å². The molecule has 0 unspecified atom stereocenters. The van der Waals surface area contributed by atoms with Gasteiger partial charge in [0.25, 0.3) is 5.56 Å². The molecule has 2 aromatic heterocycles. The van der Waals surface area contributed by atoms with Crippen LogP contribution < -0.4 is 5.56 Å². The van der Waals surface area contributed by atoms with Crippen molar-refractivity contribution in [2.24, 2.45) is 7.05 Å². The summed E-state index contributed by atoms with van der Waals surface area (Å²) in [5.74, 6) is 0. The summed E-state index contributed by atoms with van der Waals surface area (Å²) >= 11 is 0. The van der Waals surface area contributed by atoms with Gasteiger partial charge in [0.05, 0.1) is 11.0 Å². The lowest BCUT2D eigenvalue weighted by molar-refractivity contribution is 0.865. The molecule has 0 fully saturated rings. The second-order valence-corrected chi connectivity index (χ2v) is 5.04. The van der Waals surface area contributed by atoms with Gasteiger partial charge in [0, 0.05) is 12.7 Å². The predicted molar refractivity (Wildman–Crippen MR) is 86.2 cm³/mol. The second-order valence-electron chi connectivity index (χ2n) is 5.04. The normalized spacial score (nSPS) is 11.1. The van der Waals surface area contributed by atoms with E-state index in [1.807, 2.05) is 48.9 Å². The van der Waals surface area contributed by atoms with E-state index in [-0.39, 0.29) is 5.56 Å². The zero-order chi connectivity index (χ0) is 15.7. The lowest BCUT2D eigenvalue weighted by Gasteiger charge is -1.99. The molecule has 0 atom stereocenters. The molecule has 0 radical (unpaired) electrons. The number of rotatable bonds is 2. The van der Waals surface area contributed by atoms with E-state index in [1.54, 1.807) is 12.1 Å². The number of aromatic amines is 1. The number of nitrogens with one attached hydrogen (secondary N) is 1. The van der Waals surface area contributed by atoms with Crippen molar-refractivity contribution >= 4 is 23.2 Å². The van der Waals surface area contributed by atoms with Gasteiger partial charge in [-0.2, -0.15) is 5.26 Å². The van der Waals surface area contributed by atoms with Gasteiger partial charge >= 0.3 is 0 Å². The molecular formula is C17H14N4O. The number of aromatic nitrogens is 3. The third-order valence-corrected chi connectivity index (χ3v) is 3.74. The van der Waals surface area contributed by atoms with Crippen LogP contribution in [0.25, 0.3) is 23.2 Å². The first-order valence-electron chi connectivity index (χ1n) is 6.83. The molecule has 0 aliphatic carbocycles. The molecule has 22 heavy (non-hydrogen) atoms. The van der Waals surface area contributed by atoms with Crippen LogP contribution in [0.1, 0.15) is 22.6 Å². The Balaban J connectivity index is 2.05. The monoisotopic (exact) mass is 290 g/mol. The maximum atomic E-state index is 12.0. The van der Waals surface area contributed by atoms with Gasteiger partial charge in [0.15, 0.2) is 0 Å². The van der Waals surface area contributed by atoms with Gasteiger partial charge in [-0.15, -0.1) is 0 Å². The molecular weight excluding hydrogens is 276 g/mol. The smallest absolute Gasteiger partial charge is 0.274 e. The molecule has 0 saturated carbocycles. The van der Waals surface area contributed by atoms with E-state index < -0.39 is 0 Å². The highest BCUT2D eigenvalue weighted by Gasteiger charge is 2.06. The zero-order valence-electron chi connectivity index (χ0n) is 12.3. The first-order chi connectivity index (χ1) is 10.6. The fourth-order valence-electron chi connectivity index (χ4n) is 2.32. The second kappa shape index (κ2) is 5.34. The highest BCUT2D eigenvalue weighted by atomic mass is 16.1. The van der Waals surface area contributed by atoms with Gasteiger partial charge in [-0.05, 0) is 36.8 Å². The summed E-state index contributed by atoms with van der Waals surface area (Å²) in [7, 11) is 1.84. The maximum absolute atomic E-state index is 12.0. The summed E-state index contributed by atoms with van der Waals surface area (Å²) in [5, 5.41) is 9.04. The van der Waals surface area contributed by atoms with Crippen molar-refractivity contribution in [2.75, 3.05) is 0 Å². The zero-order valence-corrected chi connectivity index (χ0v) is 12.3. The molecule has 108 valence electrons. The molecule has 0 spiro atoms. The van der Waals surface area contributed by atoms with Crippen LogP contribution in [0.2, 0.25) is 0 Å². The third kappa shape index (κ3) is 2.31. The summed E-state index contributed by atoms with van der Waals surface area (Å²) in [6, 6.07) is 11.3. The van der Waals surface area contributed by atoms with Crippen LogP contribution in [0.5, 0.6) is 0 Å². The Morgan fingerprint density at radius 3 is 2.82 bits per heavy atom. The average Bonchev–Trinajstić information content (AvgIpc) is 2.80. The molecule has 1 aromatic carbocycles. The van der Waals surface area contributed by atoms with E-state index in [1.165, 1.54) is 0 Å². The molecule has 0 aliphatic rings. The van der Waals surface area contributed by atoms with E-state index in [9.17, 15) is 4.79 Å². The Bertz CT molecular complexity index is 986. The molecule has 2 heterocycles. The number of H-pyrrole nitrogens is 1. The highest BCUT2D eigenvalue weighted by Crippen LogP contribution is 2.16. The van der Waals surface area contributed by atoms with Crippen LogP contribution in [0.4, 0.5) is 0 Å². The minimum Gasteiger partial charge on any atom is -0.339 e. The van der Waals surface area contributed by atoms with Crippen molar-refractivity contribution < 1.29 is 0 Å². The summed E-state index contributed by atoms with van der Waals surface area (Å²) in [6.45, 7) is 1.93. The lowest BCUT2D eigenvalue weighted by atomic mass is 10.2. The Morgan fingerprint density at radius 1 is 1.32 bits per heavy atom. The molecule has 3 aromatic rings. The number of fused-ring (bicyclic) bond motifs is 1. The Morgan fingerprint density at radius 2 is 2.09 bits per heavy atom. The summed E-state index contributed by atoms with van der Waals surface area (Å²) in [4.78, 5) is 19.2. The lowest BCUT2D eigenvalue weighted by Crippen LogP contribution is -2.11. The first-order valence-corrected chi connectivity index (χ1v) is 6.83. The highest BCUT2D eigenvalue weighted by molar-refractivity contribution is 5.77. The van der Waals surface area contributed by atoms with Crippen LogP contribution in [-0.4, -0.2) is 14.5 Å². The van der Waals surface area contributed by atoms with Gasteiger partial charge in [0.2, 0.25) is 0 Å². The summed E-state index contributed by atoms with van der Waals surface area (Å²) < 4.78 is 1.82. The minimum absolute atomic E-state index is 0.232. The van der Waals surface area contributed by atoms with Crippen LogP contribution >= 0.6 is 0 Å². The summed E-state index contributed by atoms with van der Waals surface area (Å²) in [5.41, 5.74) is 4.01. The van der Waals surface area contributed by atoms with Crippen molar-refractivity contribution in [1.29, 1.82) is 5.26 Å². The number of hydrogen-bond acceptors (Lipinski definition) is 3. The third-order valence-electron chi connectivity index (χ3n) is 3.74. The molecule has 5 heteroatoms. The quantitative estimate of drug-likeness (QED) is 0.788. The number of benzene rings is 1. The summed E-state index contributed by atoms with van der Waals surface area (Å²) in [6.07, 6.45) is 3.48. The van der Waals surface area contributed by atoms with Gasteiger partial charge in [0.1, 0.15) is 17.5 Å². The number of para-hydroxylation sites is 2. The Hall–Kier alpha value is -3.13. The number of nitrogens with zero attached hydrogens (tertiary/aromatic N) is 3. The largest absolute Gasteiger partial charge is 0.339 e. The molecule has 0 bridgehead atoms. The topological polar surface area (TPSA) is 74.5 Å². The first kappa shape index (κ1) is 13.8. The van der Waals surface area contributed by atoms with Crippen LogP contribution in [0.3, 0.4) is 0 Å². The van der Waals surface area contributed by atoms with Gasteiger partial charge in [-0.25, -0.2) is 4.98 Å². The predicted octanol–water partition coefficient (Wildman–Crippen LogP) is 2.61. The minimum atomic E-state index is -0.232. The van der Waals surface area contributed by atoms with Gasteiger partial charge in [-0.3, -0.25) is 4.79 Å². The Labute approximate surface area is 127 Å². The Kier molecular flexibility index (Phi) is 3.36. The standard InChI is InChI=1S/C17H14N4O/c1-11-12(9-13(10-18)21(11)2)7-8-16-17(22)20-15-6-4-3-5-14(15)19-16/h3-9H,1-2H3,(H,20,22)/b8-7+. The van der Waals surface area contributed by atoms with Crippen LogP contribution in [0.15, 0.2) is 35.1 Å². The van der Waals surface area contributed by atoms with E-state index >= 15 is 0 Å². The van der Waals surface area contributed by atoms with Gasteiger partial charge < -0.3 is 9.55 Å². The van der Waals surface area contributed by atoms with Crippen LogP contribution in [0, 0.1) is 18.3 Å². The molecule has 5 nitrogen and oxygen atoms in total. The van der Waals surface area contributed by atoms with Gasteiger partial charge in [-0.1, -0.05) is 18.2 Å². The molecule has 1 N–H and O–H groups in total. The number of hydrogen-bond donors (Lipinski definition) is 1. The molecule has 0 saturated heterocycles. The van der Waals surface area contributed by atoms with E-state index in [2.05, 4.69) is 16.0 Å². The fraction of sp³-hybridized carbons (Fsp3) is 0.118. The molecule has 0 aliphatic heterocycles.